The van der Waals surface area contributed by atoms with Crippen molar-refractivity contribution >= 4 is 0 Å². The highest BCUT2D eigenvalue weighted by Gasteiger charge is 2.08. The van der Waals surface area contributed by atoms with Crippen LogP contribution in [0, 0.1) is 43.4 Å². The second kappa shape index (κ2) is 4.96. The maximum absolute atomic E-state index is 9.03. The molecule has 0 bridgehead atoms. The number of hydrogen-bond donors (Lipinski definition) is 0. The molecule has 2 heteroatoms. The molecule has 92 valence electrons. The first-order valence-electron chi connectivity index (χ1n) is 6.09. The summed E-state index contributed by atoms with van der Waals surface area (Å²) in [4.78, 5) is 0. The minimum atomic E-state index is 0.701. The van der Waals surface area contributed by atoms with Gasteiger partial charge in [0.2, 0.25) is 0 Å². The number of rotatable bonds is 1. The minimum Gasteiger partial charge on any atom is -0.192 e. The summed E-state index contributed by atoms with van der Waals surface area (Å²) in [6, 6.07) is 14.2. The predicted molar refractivity (Wildman–Crippen MR) is 75.5 cm³/mol. The van der Waals surface area contributed by atoms with Gasteiger partial charge in [-0.15, -0.1) is 0 Å². The van der Waals surface area contributed by atoms with E-state index in [-0.39, 0.29) is 0 Å². The summed E-state index contributed by atoms with van der Waals surface area (Å²) in [6.45, 7) is 5.88. The van der Waals surface area contributed by atoms with E-state index >= 15 is 0 Å². The minimum absolute atomic E-state index is 0.701. The second-order valence-electron chi connectivity index (χ2n) is 4.74. The molecule has 0 aromatic heterocycles. The fourth-order valence-corrected chi connectivity index (χ4v) is 2.20. The van der Waals surface area contributed by atoms with Gasteiger partial charge in [-0.1, -0.05) is 12.1 Å². The van der Waals surface area contributed by atoms with Gasteiger partial charge >= 0.3 is 0 Å². The van der Waals surface area contributed by atoms with Gasteiger partial charge in [0.25, 0.3) is 0 Å². The lowest BCUT2D eigenvalue weighted by molar-refractivity contribution is 1.33. The molecule has 2 nitrogen and oxygen atoms in total. The Morgan fingerprint density at radius 3 is 1.95 bits per heavy atom. The van der Waals surface area contributed by atoms with Crippen LogP contribution in [0.1, 0.15) is 27.8 Å². The number of aryl methyl sites for hydroxylation is 3. The molecule has 0 amide bonds. The van der Waals surface area contributed by atoms with E-state index in [1.165, 1.54) is 0 Å². The Bertz CT molecular complexity index is 728. The molecule has 0 fully saturated rings. The summed E-state index contributed by atoms with van der Waals surface area (Å²) in [7, 11) is 0. The maximum Gasteiger partial charge on any atom is 0.0994 e. The quantitative estimate of drug-likeness (QED) is 0.762. The first-order valence-corrected chi connectivity index (χ1v) is 6.09. The molecule has 0 heterocycles. The van der Waals surface area contributed by atoms with E-state index in [1.807, 2.05) is 51.1 Å². The van der Waals surface area contributed by atoms with Gasteiger partial charge in [0, 0.05) is 0 Å². The molecule has 2 rings (SSSR count). The predicted octanol–water partition coefficient (Wildman–Crippen LogP) is 4.02. The Labute approximate surface area is 113 Å². The molecule has 2 aromatic carbocycles. The van der Waals surface area contributed by atoms with E-state index in [1.54, 1.807) is 0 Å². The van der Waals surface area contributed by atoms with Crippen molar-refractivity contribution in [3.05, 3.63) is 58.1 Å². The highest BCUT2D eigenvalue weighted by Crippen LogP contribution is 2.27. The van der Waals surface area contributed by atoms with Crippen LogP contribution >= 0.6 is 0 Å². The van der Waals surface area contributed by atoms with Crippen LogP contribution in [0.15, 0.2) is 30.3 Å². The monoisotopic (exact) mass is 246 g/mol. The molecular formula is C17H14N2. The van der Waals surface area contributed by atoms with Crippen LogP contribution in [0.25, 0.3) is 11.1 Å². The number of nitrogens with zero attached hydrogens (tertiary/aromatic N) is 2. The van der Waals surface area contributed by atoms with Crippen LogP contribution in [0.2, 0.25) is 0 Å². The molecule has 0 radical (unpaired) electrons. The van der Waals surface area contributed by atoms with Crippen molar-refractivity contribution in [2.45, 2.75) is 20.8 Å². The van der Waals surface area contributed by atoms with Gasteiger partial charge in [0.15, 0.2) is 0 Å². The Balaban J connectivity index is 2.61. The van der Waals surface area contributed by atoms with Gasteiger partial charge in [-0.2, -0.15) is 10.5 Å². The lowest BCUT2D eigenvalue weighted by atomic mass is 9.93. The van der Waals surface area contributed by atoms with E-state index in [9.17, 15) is 0 Å². The molecular weight excluding hydrogens is 232 g/mol. The summed E-state index contributed by atoms with van der Waals surface area (Å²) in [5.41, 5.74) is 6.64. The van der Waals surface area contributed by atoms with Crippen molar-refractivity contribution in [3.63, 3.8) is 0 Å². The summed E-state index contributed by atoms with van der Waals surface area (Å²) >= 11 is 0. The third kappa shape index (κ3) is 2.34. The van der Waals surface area contributed by atoms with E-state index in [2.05, 4.69) is 12.1 Å². The van der Waals surface area contributed by atoms with Crippen LogP contribution in [0.5, 0.6) is 0 Å². The smallest absolute Gasteiger partial charge is 0.0994 e. The summed E-state index contributed by atoms with van der Waals surface area (Å²) in [6.07, 6.45) is 0. The molecule has 19 heavy (non-hydrogen) atoms. The SMILES string of the molecule is Cc1cc(-c2cc(C)c(C#N)cc2C)ccc1C#N. The zero-order valence-corrected chi connectivity index (χ0v) is 11.3. The van der Waals surface area contributed by atoms with E-state index in [0.29, 0.717) is 11.1 Å². The average molecular weight is 246 g/mol. The third-order valence-electron chi connectivity index (χ3n) is 3.35. The van der Waals surface area contributed by atoms with Crippen LogP contribution in [0.3, 0.4) is 0 Å². The number of hydrogen-bond acceptors (Lipinski definition) is 2. The lowest BCUT2D eigenvalue weighted by Crippen LogP contribution is -1.91. The Morgan fingerprint density at radius 1 is 0.737 bits per heavy atom. The average Bonchev–Trinajstić information content (AvgIpc) is 2.40. The Hall–Kier alpha value is -2.58. The summed E-state index contributed by atoms with van der Waals surface area (Å²) in [5, 5.41) is 18.0. The fraction of sp³-hybridized carbons (Fsp3) is 0.176. The molecule has 0 saturated heterocycles. The van der Waals surface area contributed by atoms with Crippen molar-refractivity contribution in [2.75, 3.05) is 0 Å². The topological polar surface area (TPSA) is 47.6 Å². The molecule has 0 aliphatic heterocycles. The molecule has 0 saturated carbocycles. The summed E-state index contributed by atoms with van der Waals surface area (Å²) < 4.78 is 0. The number of benzene rings is 2. The van der Waals surface area contributed by atoms with E-state index in [4.69, 9.17) is 10.5 Å². The Kier molecular flexibility index (Phi) is 3.36. The van der Waals surface area contributed by atoms with Gasteiger partial charge in [-0.3, -0.25) is 0 Å². The molecule has 0 N–H and O–H groups in total. The third-order valence-corrected chi connectivity index (χ3v) is 3.35. The van der Waals surface area contributed by atoms with Crippen LogP contribution < -0.4 is 0 Å². The first kappa shape index (κ1) is 12.9. The molecule has 0 aliphatic carbocycles. The van der Waals surface area contributed by atoms with Crippen LogP contribution in [0.4, 0.5) is 0 Å². The van der Waals surface area contributed by atoms with Gasteiger partial charge in [-0.05, 0) is 66.8 Å². The van der Waals surface area contributed by atoms with Crippen LogP contribution in [-0.4, -0.2) is 0 Å². The molecule has 0 atom stereocenters. The number of nitriles is 2. The van der Waals surface area contributed by atoms with Crippen molar-refractivity contribution in [1.82, 2.24) is 0 Å². The molecule has 2 aromatic rings. The molecule has 0 aliphatic rings. The lowest BCUT2D eigenvalue weighted by Gasteiger charge is -2.10. The highest BCUT2D eigenvalue weighted by molar-refractivity contribution is 5.71. The standard InChI is InChI=1S/C17H14N2/c1-11-6-14(4-5-15(11)9-18)17-8-12(2)16(10-19)7-13(17)3/h4-8H,1-3H3. The zero-order chi connectivity index (χ0) is 14.0. The van der Waals surface area contributed by atoms with Gasteiger partial charge in [0.05, 0.1) is 23.3 Å². The van der Waals surface area contributed by atoms with E-state index in [0.717, 1.165) is 27.8 Å². The van der Waals surface area contributed by atoms with Crippen molar-refractivity contribution < 1.29 is 0 Å². The van der Waals surface area contributed by atoms with Gasteiger partial charge in [0.1, 0.15) is 0 Å². The largest absolute Gasteiger partial charge is 0.192 e. The maximum atomic E-state index is 9.03. The van der Waals surface area contributed by atoms with Crippen molar-refractivity contribution in [1.29, 1.82) is 10.5 Å². The van der Waals surface area contributed by atoms with Gasteiger partial charge < -0.3 is 0 Å². The van der Waals surface area contributed by atoms with Crippen LogP contribution in [-0.2, 0) is 0 Å². The highest BCUT2D eigenvalue weighted by atomic mass is 14.3. The second-order valence-corrected chi connectivity index (χ2v) is 4.74. The van der Waals surface area contributed by atoms with E-state index < -0.39 is 0 Å². The van der Waals surface area contributed by atoms with Crippen molar-refractivity contribution in [3.8, 4) is 23.3 Å². The summed E-state index contributed by atoms with van der Waals surface area (Å²) in [5.74, 6) is 0. The molecule has 0 spiro atoms. The first-order chi connectivity index (χ1) is 9.06. The molecule has 0 unspecified atom stereocenters. The Morgan fingerprint density at radius 2 is 1.37 bits per heavy atom. The zero-order valence-electron chi connectivity index (χ0n) is 11.3. The normalized spacial score (nSPS) is 9.74. The van der Waals surface area contributed by atoms with Gasteiger partial charge in [-0.25, -0.2) is 0 Å². The fourth-order valence-electron chi connectivity index (χ4n) is 2.20. The van der Waals surface area contributed by atoms with Crippen molar-refractivity contribution in [2.24, 2.45) is 0 Å².